The summed E-state index contributed by atoms with van der Waals surface area (Å²) >= 11 is 0. The molecule has 2 atom stereocenters. The zero-order chi connectivity index (χ0) is 9.54. The van der Waals surface area contributed by atoms with Crippen LogP contribution in [0.15, 0.2) is 42.5 Å². The topological polar surface area (TPSA) is 12.5 Å². The molecule has 0 aromatic heterocycles. The summed E-state index contributed by atoms with van der Waals surface area (Å²) in [7, 11) is 0. The summed E-state index contributed by atoms with van der Waals surface area (Å²) in [5.41, 5.74) is 1.30. The van der Waals surface area contributed by atoms with Gasteiger partial charge in [0.25, 0.3) is 0 Å². The van der Waals surface area contributed by atoms with Crippen molar-refractivity contribution in [2.24, 2.45) is 0 Å². The Bertz CT molecular complexity index is 475. The fraction of sp³-hybridized carbons (Fsp3) is 0.231. The van der Waals surface area contributed by atoms with Crippen molar-refractivity contribution in [1.82, 2.24) is 0 Å². The maximum atomic E-state index is 5.45. The van der Waals surface area contributed by atoms with E-state index in [4.69, 9.17) is 4.74 Å². The fourth-order valence-corrected chi connectivity index (χ4v) is 1.92. The molecule has 1 nitrogen and oxygen atoms in total. The molecule has 3 rings (SSSR count). The van der Waals surface area contributed by atoms with E-state index in [2.05, 4.69) is 49.4 Å². The Morgan fingerprint density at radius 3 is 2.43 bits per heavy atom. The molecular weight excluding hydrogens is 172 g/mol. The van der Waals surface area contributed by atoms with Gasteiger partial charge in [-0.2, -0.15) is 0 Å². The van der Waals surface area contributed by atoms with Crippen LogP contribution in [0.25, 0.3) is 10.8 Å². The van der Waals surface area contributed by atoms with E-state index in [9.17, 15) is 0 Å². The lowest BCUT2D eigenvalue weighted by atomic mass is 10.0. The van der Waals surface area contributed by atoms with Crippen molar-refractivity contribution in [2.45, 2.75) is 19.1 Å². The fourth-order valence-electron chi connectivity index (χ4n) is 1.92. The van der Waals surface area contributed by atoms with Crippen molar-refractivity contribution in [2.75, 3.05) is 0 Å². The predicted octanol–water partition coefficient (Wildman–Crippen LogP) is 3.30. The van der Waals surface area contributed by atoms with E-state index in [1.807, 2.05) is 0 Å². The minimum atomic E-state index is 0.333. The van der Waals surface area contributed by atoms with Gasteiger partial charge in [0.15, 0.2) is 0 Å². The lowest BCUT2D eigenvalue weighted by Crippen LogP contribution is -1.83. The third-order valence-electron chi connectivity index (χ3n) is 2.81. The molecule has 1 heteroatoms. The smallest absolute Gasteiger partial charge is 0.109 e. The van der Waals surface area contributed by atoms with Gasteiger partial charge in [-0.1, -0.05) is 36.4 Å². The Morgan fingerprint density at radius 2 is 1.71 bits per heavy atom. The van der Waals surface area contributed by atoms with E-state index in [-0.39, 0.29) is 0 Å². The lowest BCUT2D eigenvalue weighted by molar-refractivity contribution is 0.383. The van der Waals surface area contributed by atoms with E-state index >= 15 is 0 Å². The maximum absolute atomic E-state index is 5.45. The van der Waals surface area contributed by atoms with E-state index < -0.39 is 0 Å². The quantitative estimate of drug-likeness (QED) is 0.619. The highest BCUT2D eigenvalue weighted by molar-refractivity contribution is 5.83. The molecule has 1 saturated heterocycles. The highest BCUT2D eigenvalue weighted by atomic mass is 16.6. The van der Waals surface area contributed by atoms with Crippen LogP contribution in [-0.2, 0) is 4.74 Å². The minimum Gasteiger partial charge on any atom is -0.365 e. The molecule has 0 unspecified atom stereocenters. The molecule has 0 saturated carbocycles. The minimum absolute atomic E-state index is 0.333. The second-order valence-corrected chi connectivity index (χ2v) is 3.87. The molecule has 0 N–H and O–H groups in total. The SMILES string of the molecule is C[C@H]1O[C@@H]1c1ccc2ccccc2c1. The van der Waals surface area contributed by atoms with Crippen LogP contribution in [0, 0.1) is 0 Å². The molecule has 0 radical (unpaired) electrons. The van der Waals surface area contributed by atoms with Crippen LogP contribution in [0.1, 0.15) is 18.6 Å². The van der Waals surface area contributed by atoms with E-state index in [0.29, 0.717) is 12.2 Å². The average Bonchev–Trinajstić information content (AvgIpc) is 2.95. The van der Waals surface area contributed by atoms with Gasteiger partial charge in [0.05, 0.1) is 6.10 Å². The van der Waals surface area contributed by atoms with Gasteiger partial charge in [0, 0.05) is 0 Å². The molecule has 2 aromatic rings. The van der Waals surface area contributed by atoms with Gasteiger partial charge in [0.2, 0.25) is 0 Å². The Labute approximate surface area is 83.3 Å². The number of benzene rings is 2. The Kier molecular flexibility index (Phi) is 1.62. The summed E-state index contributed by atoms with van der Waals surface area (Å²) in [4.78, 5) is 0. The number of hydrogen-bond donors (Lipinski definition) is 0. The number of epoxide rings is 1. The molecule has 0 amide bonds. The number of ether oxygens (including phenoxy) is 1. The van der Waals surface area contributed by atoms with Crippen molar-refractivity contribution in [3.63, 3.8) is 0 Å². The first-order valence-corrected chi connectivity index (χ1v) is 4.99. The van der Waals surface area contributed by atoms with Crippen LogP contribution >= 0.6 is 0 Å². The molecule has 1 fully saturated rings. The molecule has 70 valence electrons. The van der Waals surface area contributed by atoms with Crippen molar-refractivity contribution in [3.05, 3.63) is 48.0 Å². The third-order valence-corrected chi connectivity index (χ3v) is 2.81. The van der Waals surface area contributed by atoms with E-state index in [1.54, 1.807) is 0 Å². The number of hydrogen-bond acceptors (Lipinski definition) is 1. The predicted molar refractivity (Wildman–Crippen MR) is 57.2 cm³/mol. The van der Waals surface area contributed by atoms with Gasteiger partial charge in [-0.05, 0) is 29.3 Å². The summed E-state index contributed by atoms with van der Waals surface area (Å²) in [6.07, 6.45) is 0.732. The molecule has 0 spiro atoms. The largest absolute Gasteiger partial charge is 0.365 e. The standard InChI is InChI=1S/C13H12O/c1-9-13(14-9)12-7-6-10-4-2-3-5-11(10)8-12/h2-9,13H,1H3/t9-,13+/m1/s1. The first-order chi connectivity index (χ1) is 6.84. The summed E-state index contributed by atoms with van der Waals surface area (Å²) in [6, 6.07) is 15.0. The summed E-state index contributed by atoms with van der Waals surface area (Å²) in [5, 5.41) is 2.59. The van der Waals surface area contributed by atoms with E-state index in [1.165, 1.54) is 16.3 Å². The van der Waals surface area contributed by atoms with Crippen LogP contribution in [-0.4, -0.2) is 6.10 Å². The van der Waals surface area contributed by atoms with Crippen molar-refractivity contribution in [3.8, 4) is 0 Å². The summed E-state index contributed by atoms with van der Waals surface area (Å²) < 4.78 is 5.45. The molecule has 14 heavy (non-hydrogen) atoms. The Balaban J connectivity index is 2.11. The van der Waals surface area contributed by atoms with Gasteiger partial charge in [-0.25, -0.2) is 0 Å². The monoisotopic (exact) mass is 184 g/mol. The number of fused-ring (bicyclic) bond motifs is 1. The Morgan fingerprint density at radius 1 is 1.00 bits per heavy atom. The van der Waals surface area contributed by atoms with Gasteiger partial charge in [-0.15, -0.1) is 0 Å². The first-order valence-electron chi connectivity index (χ1n) is 4.99. The van der Waals surface area contributed by atoms with Gasteiger partial charge < -0.3 is 4.74 Å². The summed E-state index contributed by atoms with van der Waals surface area (Å²) in [5.74, 6) is 0. The Hall–Kier alpha value is -1.34. The maximum Gasteiger partial charge on any atom is 0.109 e. The molecule has 1 heterocycles. The average molecular weight is 184 g/mol. The summed E-state index contributed by atoms with van der Waals surface area (Å²) in [6.45, 7) is 2.11. The van der Waals surface area contributed by atoms with Gasteiger partial charge >= 0.3 is 0 Å². The van der Waals surface area contributed by atoms with Crippen LogP contribution in [0.2, 0.25) is 0 Å². The normalized spacial score (nSPS) is 25.2. The van der Waals surface area contributed by atoms with Gasteiger partial charge in [-0.3, -0.25) is 0 Å². The molecule has 1 aliphatic heterocycles. The lowest BCUT2D eigenvalue weighted by Gasteiger charge is -1.99. The second-order valence-electron chi connectivity index (χ2n) is 3.87. The molecular formula is C13H12O. The molecule has 1 aliphatic rings. The van der Waals surface area contributed by atoms with E-state index in [0.717, 1.165) is 0 Å². The highest BCUT2D eigenvalue weighted by Crippen LogP contribution is 2.38. The van der Waals surface area contributed by atoms with Crippen LogP contribution < -0.4 is 0 Å². The van der Waals surface area contributed by atoms with Crippen molar-refractivity contribution >= 4 is 10.8 Å². The second kappa shape index (κ2) is 2.82. The zero-order valence-electron chi connectivity index (χ0n) is 8.10. The molecule has 0 aliphatic carbocycles. The highest BCUT2D eigenvalue weighted by Gasteiger charge is 2.35. The zero-order valence-corrected chi connectivity index (χ0v) is 8.10. The van der Waals surface area contributed by atoms with Crippen LogP contribution in [0.3, 0.4) is 0 Å². The van der Waals surface area contributed by atoms with Crippen LogP contribution in [0.5, 0.6) is 0 Å². The number of rotatable bonds is 1. The van der Waals surface area contributed by atoms with Crippen LogP contribution in [0.4, 0.5) is 0 Å². The first kappa shape index (κ1) is 8.01. The molecule has 2 aromatic carbocycles. The van der Waals surface area contributed by atoms with Crippen molar-refractivity contribution in [1.29, 1.82) is 0 Å². The third kappa shape index (κ3) is 1.21. The van der Waals surface area contributed by atoms with Crippen molar-refractivity contribution < 1.29 is 4.74 Å². The van der Waals surface area contributed by atoms with Gasteiger partial charge in [0.1, 0.15) is 6.10 Å². The molecule has 0 bridgehead atoms.